The summed E-state index contributed by atoms with van der Waals surface area (Å²) in [5.41, 5.74) is 1.79. The van der Waals surface area contributed by atoms with Crippen LogP contribution in [0.1, 0.15) is 34.7 Å². The number of rotatable bonds is 3. The Kier molecular flexibility index (Phi) is 3.11. The smallest absolute Gasteiger partial charge is 0.269 e. The predicted octanol–water partition coefficient (Wildman–Crippen LogP) is 1.49. The Bertz CT molecular complexity index is 596. The van der Waals surface area contributed by atoms with Gasteiger partial charge in [-0.05, 0) is 24.5 Å². The summed E-state index contributed by atoms with van der Waals surface area (Å²) >= 11 is 0. The van der Waals surface area contributed by atoms with Crippen LogP contribution in [0.2, 0.25) is 0 Å². The molecule has 0 saturated carbocycles. The summed E-state index contributed by atoms with van der Waals surface area (Å²) in [7, 11) is 1.97. The lowest BCUT2D eigenvalue weighted by molar-refractivity contribution is 0.0940. The molecule has 3 rings (SSSR count). The fourth-order valence-electron chi connectivity index (χ4n) is 2.54. The molecule has 0 atom stereocenters. The molecule has 0 bridgehead atoms. The second-order valence-electron chi connectivity index (χ2n) is 5.04. The van der Waals surface area contributed by atoms with Crippen molar-refractivity contribution in [2.75, 3.05) is 0 Å². The Hall–Kier alpha value is -2.04. The van der Waals surface area contributed by atoms with E-state index in [1.54, 1.807) is 6.20 Å². The molecule has 0 radical (unpaired) electrons. The molecule has 5 heteroatoms. The van der Waals surface area contributed by atoms with Crippen molar-refractivity contribution in [1.29, 1.82) is 0 Å². The van der Waals surface area contributed by atoms with Gasteiger partial charge in [0.15, 0.2) is 0 Å². The van der Waals surface area contributed by atoms with Gasteiger partial charge in [-0.1, -0.05) is 0 Å². The fourth-order valence-corrected chi connectivity index (χ4v) is 2.54. The SMILES string of the molecule is Cn1ccc(CNC(=O)c2cnc3n2CCCC3)c1. The van der Waals surface area contributed by atoms with E-state index < -0.39 is 0 Å². The number of hydrogen-bond donors (Lipinski definition) is 1. The van der Waals surface area contributed by atoms with Crippen LogP contribution in [0.5, 0.6) is 0 Å². The molecule has 1 aliphatic rings. The first-order valence-corrected chi connectivity index (χ1v) is 6.67. The van der Waals surface area contributed by atoms with Crippen molar-refractivity contribution in [2.45, 2.75) is 32.4 Å². The highest BCUT2D eigenvalue weighted by molar-refractivity contribution is 5.92. The molecule has 19 heavy (non-hydrogen) atoms. The summed E-state index contributed by atoms with van der Waals surface area (Å²) in [6.45, 7) is 1.46. The van der Waals surface area contributed by atoms with Crippen molar-refractivity contribution in [1.82, 2.24) is 19.4 Å². The molecule has 100 valence electrons. The van der Waals surface area contributed by atoms with Crippen LogP contribution in [-0.2, 0) is 26.6 Å². The largest absolute Gasteiger partial charge is 0.357 e. The maximum Gasteiger partial charge on any atom is 0.269 e. The second kappa shape index (κ2) is 4.91. The van der Waals surface area contributed by atoms with Crippen molar-refractivity contribution >= 4 is 5.91 Å². The van der Waals surface area contributed by atoms with E-state index in [0.717, 1.165) is 30.8 Å². The average molecular weight is 258 g/mol. The topological polar surface area (TPSA) is 51.9 Å². The molecule has 0 fully saturated rings. The van der Waals surface area contributed by atoms with Gasteiger partial charge in [0.2, 0.25) is 0 Å². The summed E-state index contributed by atoms with van der Waals surface area (Å²) < 4.78 is 4.02. The first-order valence-electron chi connectivity index (χ1n) is 6.67. The quantitative estimate of drug-likeness (QED) is 0.906. The molecular weight excluding hydrogens is 240 g/mol. The first kappa shape index (κ1) is 12.0. The molecule has 0 aliphatic carbocycles. The third-order valence-corrected chi connectivity index (χ3v) is 3.55. The lowest BCUT2D eigenvalue weighted by atomic mass is 10.1. The summed E-state index contributed by atoms with van der Waals surface area (Å²) in [5.74, 6) is 1.00. The third kappa shape index (κ3) is 2.41. The lowest BCUT2D eigenvalue weighted by Gasteiger charge is -2.15. The normalized spacial score (nSPS) is 14.2. The van der Waals surface area contributed by atoms with Gasteiger partial charge >= 0.3 is 0 Å². The van der Waals surface area contributed by atoms with E-state index in [2.05, 4.69) is 10.3 Å². The summed E-state index contributed by atoms with van der Waals surface area (Å²) in [6, 6.07) is 2.01. The van der Waals surface area contributed by atoms with E-state index >= 15 is 0 Å². The number of aromatic nitrogens is 3. The van der Waals surface area contributed by atoms with Gasteiger partial charge < -0.3 is 14.5 Å². The number of nitrogens with zero attached hydrogens (tertiary/aromatic N) is 3. The van der Waals surface area contributed by atoms with Crippen LogP contribution in [0.25, 0.3) is 0 Å². The zero-order chi connectivity index (χ0) is 13.2. The minimum Gasteiger partial charge on any atom is -0.357 e. The number of nitrogens with one attached hydrogen (secondary N) is 1. The molecule has 0 aromatic carbocycles. The molecule has 5 nitrogen and oxygen atoms in total. The van der Waals surface area contributed by atoms with Crippen LogP contribution >= 0.6 is 0 Å². The highest BCUT2D eigenvalue weighted by Crippen LogP contribution is 2.16. The Labute approximate surface area is 112 Å². The van der Waals surface area contributed by atoms with Crippen LogP contribution < -0.4 is 5.32 Å². The zero-order valence-corrected chi connectivity index (χ0v) is 11.1. The number of amides is 1. The zero-order valence-electron chi connectivity index (χ0n) is 11.1. The van der Waals surface area contributed by atoms with Crippen molar-refractivity contribution < 1.29 is 4.79 Å². The van der Waals surface area contributed by atoms with Gasteiger partial charge in [0.05, 0.1) is 6.20 Å². The van der Waals surface area contributed by atoms with Gasteiger partial charge in [0.25, 0.3) is 5.91 Å². The second-order valence-corrected chi connectivity index (χ2v) is 5.04. The van der Waals surface area contributed by atoms with E-state index in [1.807, 2.05) is 34.6 Å². The van der Waals surface area contributed by atoms with Crippen molar-refractivity contribution in [3.63, 3.8) is 0 Å². The molecular formula is C14H18N4O. The Morgan fingerprint density at radius 2 is 2.37 bits per heavy atom. The Balaban J connectivity index is 1.69. The van der Waals surface area contributed by atoms with Crippen LogP contribution in [0.15, 0.2) is 24.7 Å². The minimum absolute atomic E-state index is 0.0375. The Morgan fingerprint density at radius 1 is 1.47 bits per heavy atom. The van der Waals surface area contributed by atoms with Gasteiger partial charge in [-0.3, -0.25) is 4.79 Å². The molecule has 1 amide bonds. The molecule has 2 aromatic heterocycles. The third-order valence-electron chi connectivity index (χ3n) is 3.55. The molecule has 1 N–H and O–H groups in total. The molecule has 2 aromatic rings. The van der Waals surface area contributed by atoms with Crippen LogP contribution in [-0.4, -0.2) is 20.0 Å². The van der Waals surface area contributed by atoms with E-state index in [0.29, 0.717) is 12.2 Å². The molecule has 3 heterocycles. The van der Waals surface area contributed by atoms with Gasteiger partial charge in [0, 0.05) is 39.0 Å². The van der Waals surface area contributed by atoms with Crippen LogP contribution in [0, 0.1) is 0 Å². The molecule has 0 saturated heterocycles. The molecule has 0 unspecified atom stereocenters. The number of carbonyl (C=O) groups is 1. The van der Waals surface area contributed by atoms with E-state index in [-0.39, 0.29) is 5.91 Å². The van der Waals surface area contributed by atoms with Crippen molar-refractivity contribution in [2.24, 2.45) is 7.05 Å². The van der Waals surface area contributed by atoms with Crippen LogP contribution in [0.4, 0.5) is 0 Å². The molecule has 0 spiro atoms. The first-order chi connectivity index (χ1) is 9.24. The monoisotopic (exact) mass is 258 g/mol. The fraction of sp³-hybridized carbons (Fsp3) is 0.429. The van der Waals surface area contributed by atoms with Crippen molar-refractivity contribution in [3.8, 4) is 0 Å². The van der Waals surface area contributed by atoms with E-state index in [1.165, 1.54) is 6.42 Å². The number of fused-ring (bicyclic) bond motifs is 1. The summed E-state index contributed by atoms with van der Waals surface area (Å²) in [4.78, 5) is 16.5. The number of carbonyl (C=O) groups excluding carboxylic acids is 1. The highest BCUT2D eigenvalue weighted by atomic mass is 16.1. The summed E-state index contributed by atoms with van der Waals surface area (Å²) in [5, 5.41) is 2.95. The van der Waals surface area contributed by atoms with Gasteiger partial charge in [-0.15, -0.1) is 0 Å². The Morgan fingerprint density at radius 3 is 3.16 bits per heavy atom. The predicted molar refractivity (Wildman–Crippen MR) is 71.7 cm³/mol. The van der Waals surface area contributed by atoms with Gasteiger partial charge in [-0.25, -0.2) is 4.98 Å². The van der Waals surface area contributed by atoms with E-state index in [4.69, 9.17) is 0 Å². The maximum atomic E-state index is 12.2. The lowest BCUT2D eigenvalue weighted by Crippen LogP contribution is -2.26. The minimum atomic E-state index is -0.0375. The van der Waals surface area contributed by atoms with E-state index in [9.17, 15) is 4.79 Å². The summed E-state index contributed by atoms with van der Waals surface area (Å²) in [6.07, 6.45) is 8.95. The van der Waals surface area contributed by atoms with Crippen LogP contribution in [0.3, 0.4) is 0 Å². The number of imidazole rings is 1. The van der Waals surface area contributed by atoms with Gasteiger partial charge in [0.1, 0.15) is 11.5 Å². The average Bonchev–Trinajstić information content (AvgIpc) is 3.02. The number of hydrogen-bond acceptors (Lipinski definition) is 2. The highest BCUT2D eigenvalue weighted by Gasteiger charge is 2.18. The number of aryl methyl sites for hydroxylation is 2. The molecule has 1 aliphatic heterocycles. The van der Waals surface area contributed by atoms with Gasteiger partial charge in [-0.2, -0.15) is 0 Å². The standard InChI is InChI=1S/C14H18N4O/c1-17-7-5-11(10-17)8-16-14(19)12-9-15-13-4-2-3-6-18(12)13/h5,7,9-10H,2-4,6,8H2,1H3,(H,16,19). The van der Waals surface area contributed by atoms with Crippen molar-refractivity contribution in [3.05, 3.63) is 41.7 Å². The maximum absolute atomic E-state index is 12.2.